The molecule has 3 heterocycles. The molecule has 6 heteroatoms. The quantitative estimate of drug-likeness (QED) is 0.644. The Morgan fingerprint density at radius 3 is 2.91 bits per heavy atom. The van der Waals surface area contributed by atoms with Crippen molar-refractivity contribution in [3.05, 3.63) is 17.5 Å². The van der Waals surface area contributed by atoms with Crippen LogP contribution < -0.4 is 10.6 Å². The van der Waals surface area contributed by atoms with Crippen molar-refractivity contribution in [2.45, 2.75) is 70.7 Å². The Kier molecular flexibility index (Phi) is 4.66. The van der Waals surface area contributed by atoms with Crippen LogP contribution in [0.2, 0.25) is 0 Å². The van der Waals surface area contributed by atoms with Crippen LogP contribution in [-0.2, 0) is 11.3 Å². The Morgan fingerprint density at radius 2 is 2.32 bits per heavy atom. The van der Waals surface area contributed by atoms with Crippen LogP contribution in [0.1, 0.15) is 57.4 Å². The molecule has 2 N–H and O–H groups in total. The lowest BCUT2D eigenvalue weighted by molar-refractivity contribution is 0.0992. The minimum Gasteiger partial charge on any atom is -0.373 e. The number of hydrogen-bond acceptors (Lipinski definition) is 4. The van der Waals surface area contributed by atoms with Crippen LogP contribution in [0, 0.1) is 0 Å². The second kappa shape index (κ2) is 6.69. The van der Waals surface area contributed by atoms with E-state index in [2.05, 4.69) is 41.6 Å². The Balaban J connectivity index is 1.59. The van der Waals surface area contributed by atoms with Crippen molar-refractivity contribution in [3.63, 3.8) is 0 Å². The average Bonchev–Trinajstić information content (AvgIpc) is 3.21. The van der Waals surface area contributed by atoms with Crippen LogP contribution >= 0.6 is 0 Å². The van der Waals surface area contributed by atoms with Crippen LogP contribution in [0.3, 0.4) is 0 Å². The lowest BCUT2D eigenvalue weighted by atomic mass is 9.96. The molecule has 22 heavy (non-hydrogen) atoms. The van der Waals surface area contributed by atoms with E-state index in [1.807, 2.05) is 6.07 Å². The van der Waals surface area contributed by atoms with Gasteiger partial charge in [0.1, 0.15) is 6.54 Å². The fourth-order valence-electron chi connectivity index (χ4n) is 3.12. The van der Waals surface area contributed by atoms with Crippen LogP contribution in [0.4, 0.5) is 0 Å². The molecule has 0 spiro atoms. The maximum Gasteiger partial charge on any atom is 0.192 e. The number of nitrogens with zero attached hydrogens (tertiary/aromatic N) is 2. The number of aliphatic imine (C=N–C) groups is 1. The maximum absolute atomic E-state index is 5.88. The molecular weight excluding hydrogens is 280 g/mol. The van der Waals surface area contributed by atoms with Crippen molar-refractivity contribution < 1.29 is 9.26 Å². The zero-order valence-corrected chi connectivity index (χ0v) is 13.6. The van der Waals surface area contributed by atoms with Gasteiger partial charge in [-0.2, -0.15) is 0 Å². The van der Waals surface area contributed by atoms with Crippen LogP contribution in [0.25, 0.3) is 0 Å². The molecule has 0 radical (unpaired) electrons. The maximum atomic E-state index is 5.88. The van der Waals surface area contributed by atoms with E-state index in [9.17, 15) is 0 Å². The summed E-state index contributed by atoms with van der Waals surface area (Å²) in [6, 6.07) is 2.36. The molecule has 2 saturated heterocycles. The van der Waals surface area contributed by atoms with E-state index in [0.717, 1.165) is 36.8 Å². The normalized spacial score (nSPS) is 27.6. The van der Waals surface area contributed by atoms with E-state index < -0.39 is 0 Å². The van der Waals surface area contributed by atoms with Gasteiger partial charge in [-0.3, -0.25) is 0 Å². The standard InChI is InChI=1S/C16H26N4O2/c1-4-17-16(19-14-7-11-5-6-15(14)21-11)18-9-12-8-13(10(2)3)20-22-12/h8,10-11,14-15H,4-7,9H2,1-3H3,(H2,17,18,19). The van der Waals surface area contributed by atoms with E-state index in [1.165, 1.54) is 6.42 Å². The Morgan fingerprint density at radius 1 is 1.45 bits per heavy atom. The lowest BCUT2D eigenvalue weighted by Gasteiger charge is -2.22. The highest BCUT2D eigenvalue weighted by Gasteiger charge is 2.41. The number of fused-ring (bicyclic) bond motifs is 2. The van der Waals surface area contributed by atoms with E-state index in [-0.39, 0.29) is 0 Å². The van der Waals surface area contributed by atoms with Crippen molar-refractivity contribution in [1.29, 1.82) is 0 Å². The molecule has 2 aliphatic rings. The molecule has 3 rings (SSSR count). The zero-order valence-electron chi connectivity index (χ0n) is 13.6. The Labute approximate surface area is 131 Å². The van der Waals surface area contributed by atoms with E-state index in [4.69, 9.17) is 9.26 Å². The molecule has 2 fully saturated rings. The molecule has 1 aromatic heterocycles. The third-order valence-electron chi connectivity index (χ3n) is 4.33. The van der Waals surface area contributed by atoms with Crippen molar-refractivity contribution >= 4 is 5.96 Å². The Hall–Kier alpha value is -1.56. The highest BCUT2D eigenvalue weighted by Crippen LogP contribution is 2.34. The summed E-state index contributed by atoms with van der Waals surface area (Å²) in [5.74, 6) is 2.00. The fraction of sp³-hybridized carbons (Fsp3) is 0.750. The number of guanidine groups is 1. The van der Waals surface area contributed by atoms with Crippen LogP contribution in [-0.4, -0.2) is 35.9 Å². The number of rotatable bonds is 5. The molecule has 1 aromatic rings. The van der Waals surface area contributed by atoms with Gasteiger partial charge in [0.05, 0.1) is 23.9 Å². The molecule has 0 saturated carbocycles. The highest BCUT2D eigenvalue weighted by molar-refractivity contribution is 5.80. The number of hydrogen-bond donors (Lipinski definition) is 2. The van der Waals surface area contributed by atoms with Crippen LogP contribution in [0.5, 0.6) is 0 Å². The predicted molar refractivity (Wildman–Crippen MR) is 84.8 cm³/mol. The number of ether oxygens (including phenoxy) is 1. The molecule has 6 nitrogen and oxygen atoms in total. The molecule has 0 aliphatic carbocycles. The van der Waals surface area contributed by atoms with Gasteiger partial charge in [-0.1, -0.05) is 19.0 Å². The van der Waals surface area contributed by atoms with Gasteiger partial charge in [0.2, 0.25) is 0 Å². The van der Waals surface area contributed by atoms with Gasteiger partial charge in [-0.15, -0.1) is 0 Å². The van der Waals surface area contributed by atoms with E-state index in [0.29, 0.717) is 30.7 Å². The summed E-state index contributed by atoms with van der Waals surface area (Å²) in [4.78, 5) is 4.61. The topological polar surface area (TPSA) is 71.7 Å². The smallest absolute Gasteiger partial charge is 0.192 e. The van der Waals surface area contributed by atoms with Gasteiger partial charge in [0.15, 0.2) is 11.7 Å². The third kappa shape index (κ3) is 3.43. The minimum atomic E-state index is 0.340. The lowest BCUT2D eigenvalue weighted by Crippen LogP contribution is -2.47. The molecule has 2 bridgehead atoms. The third-order valence-corrected chi connectivity index (χ3v) is 4.33. The molecule has 2 aliphatic heterocycles. The molecule has 0 aromatic carbocycles. The summed E-state index contributed by atoms with van der Waals surface area (Å²) in [6.45, 7) is 7.61. The summed E-state index contributed by atoms with van der Waals surface area (Å²) in [5.41, 5.74) is 0.977. The van der Waals surface area contributed by atoms with E-state index in [1.54, 1.807) is 0 Å². The second-order valence-corrected chi connectivity index (χ2v) is 6.43. The molecular formula is C16H26N4O2. The van der Waals surface area contributed by atoms with Gasteiger partial charge in [-0.25, -0.2) is 4.99 Å². The van der Waals surface area contributed by atoms with Gasteiger partial charge in [-0.05, 0) is 32.1 Å². The molecule has 0 amide bonds. The first-order valence-corrected chi connectivity index (χ1v) is 8.31. The predicted octanol–water partition coefficient (Wildman–Crippen LogP) is 2.17. The van der Waals surface area contributed by atoms with Crippen molar-refractivity contribution in [2.24, 2.45) is 4.99 Å². The monoisotopic (exact) mass is 306 g/mol. The first-order valence-electron chi connectivity index (χ1n) is 8.31. The van der Waals surface area contributed by atoms with Gasteiger partial charge in [0.25, 0.3) is 0 Å². The highest BCUT2D eigenvalue weighted by atomic mass is 16.5. The Bertz CT molecular complexity index is 526. The van der Waals surface area contributed by atoms with Crippen LogP contribution in [0.15, 0.2) is 15.6 Å². The van der Waals surface area contributed by atoms with Crippen molar-refractivity contribution in [3.8, 4) is 0 Å². The molecule has 3 atom stereocenters. The van der Waals surface area contributed by atoms with Crippen molar-refractivity contribution in [2.75, 3.05) is 6.54 Å². The summed E-state index contributed by atoms with van der Waals surface area (Å²) < 4.78 is 11.2. The largest absolute Gasteiger partial charge is 0.373 e. The SMILES string of the molecule is CCNC(=NCc1cc(C(C)C)no1)NC1CC2CCC1O2. The summed E-state index contributed by atoms with van der Waals surface area (Å²) in [5, 5.41) is 10.9. The zero-order chi connectivity index (χ0) is 15.5. The molecule has 122 valence electrons. The molecule has 3 unspecified atom stereocenters. The summed E-state index contributed by atoms with van der Waals surface area (Å²) in [7, 11) is 0. The van der Waals surface area contributed by atoms with Gasteiger partial charge >= 0.3 is 0 Å². The number of aromatic nitrogens is 1. The second-order valence-electron chi connectivity index (χ2n) is 6.43. The van der Waals surface area contributed by atoms with Crippen molar-refractivity contribution in [1.82, 2.24) is 15.8 Å². The summed E-state index contributed by atoms with van der Waals surface area (Å²) >= 11 is 0. The fourth-order valence-corrected chi connectivity index (χ4v) is 3.12. The minimum absolute atomic E-state index is 0.340. The average molecular weight is 306 g/mol. The summed E-state index contributed by atoms with van der Waals surface area (Å²) in [6.07, 6.45) is 4.21. The van der Waals surface area contributed by atoms with E-state index >= 15 is 0 Å². The first-order chi connectivity index (χ1) is 10.7. The van der Waals surface area contributed by atoms with Gasteiger partial charge < -0.3 is 19.9 Å². The van der Waals surface area contributed by atoms with Gasteiger partial charge in [0, 0.05) is 12.6 Å². The first kappa shape index (κ1) is 15.3. The number of nitrogens with one attached hydrogen (secondary N) is 2.